The van der Waals surface area contributed by atoms with Crippen molar-refractivity contribution in [2.45, 2.75) is 56.2 Å². The summed E-state index contributed by atoms with van der Waals surface area (Å²) in [7, 11) is 2.22. The van der Waals surface area contributed by atoms with Gasteiger partial charge in [0.2, 0.25) is 0 Å². The molecule has 1 N–H and O–H groups in total. The van der Waals surface area contributed by atoms with Crippen LogP contribution >= 0.6 is 0 Å². The van der Waals surface area contributed by atoms with E-state index in [1.54, 1.807) is 0 Å². The molecule has 110 valence electrons. The van der Waals surface area contributed by atoms with E-state index in [1.165, 1.54) is 38.8 Å². The van der Waals surface area contributed by atoms with Crippen molar-refractivity contribution in [1.82, 2.24) is 10.2 Å². The third-order valence-electron chi connectivity index (χ3n) is 5.09. The van der Waals surface area contributed by atoms with Crippen LogP contribution in [0.15, 0.2) is 0 Å². The maximum atomic E-state index is 6.11. The van der Waals surface area contributed by atoms with E-state index in [1.807, 2.05) is 0 Å². The van der Waals surface area contributed by atoms with Crippen LogP contribution in [0, 0.1) is 0 Å². The summed E-state index contributed by atoms with van der Waals surface area (Å²) in [5, 5.41) is 3.90. The van der Waals surface area contributed by atoms with E-state index < -0.39 is 0 Å². The summed E-state index contributed by atoms with van der Waals surface area (Å²) in [5.41, 5.74) is 0.125. The maximum absolute atomic E-state index is 6.11. The van der Waals surface area contributed by atoms with E-state index in [2.05, 4.69) is 17.3 Å². The standard InChI is InChI=1S/C15H28N2O2/c1-17-7-2-13(3-8-17)16-14-4-9-19-15(12-14)5-10-18-11-6-15/h13-14,16H,2-12H2,1H3. The molecular formula is C15H28N2O2. The molecule has 3 aliphatic rings. The van der Waals surface area contributed by atoms with Gasteiger partial charge >= 0.3 is 0 Å². The predicted molar refractivity (Wildman–Crippen MR) is 75.4 cm³/mol. The Labute approximate surface area is 116 Å². The number of likely N-dealkylation sites (tertiary alicyclic amines) is 1. The molecule has 0 radical (unpaired) electrons. The second-order valence-corrected chi connectivity index (χ2v) is 6.58. The molecule has 3 fully saturated rings. The van der Waals surface area contributed by atoms with Gasteiger partial charge in [-0.2, -0.15) is 0 Å². The molecule has 19 heavy (non-hydrogen) atoms. The molecule has 0 aromatic heterocycles. The van der Waals surface area contributed by atoms with Crippen LogP contribution in [0.2, 0.25) is 0 Å². The van der Waals surface area contributed by atoms with Gasteiger partial charge in [0.1, 0.15) is 0 Å². The third kappa shape index (κ3) is 3.48. The lowest BCUT2D eigenvalue weighted by molar-refractivity contribution is -0.141. The van der Waals surface area contributed by atoms with Crippen molar-refractivity contribution in [2.75, 3.05) is 40.0 Å². The normalized spacial score (nSPS) is 33.6. The molecule has 0 amide bonds. The van der Waals surface area contributed by atoms with Crippen molar-refractivity contribution >= 4 is 0 Å². The lowest BCUT2D eigenvalue weighted by Gasteiger charge is -2.44. The van der Waals surface area contributed by atoms with E-state index >= 15 is 0 Å². The van der Waals surface area contributed by atoms with Crippen molar-refractivity contribution in [3.05, 3.63) is 0 Å². The monoisotopic (exact) mass is 268 g/mol. The van der Waals surface area contributed by atoms with Gasteiger partial charge in [-0.15, -0.1) is 0 Å². The van der Waals surface area contributed by atoms with Gasteiger partial charge in [-0.25, -0.2) is 0 Å². The molecule has 3 heterocycles. The molecule has 0 aromatic carbocycles. The average molecular weight is 268 g/mol. The number of piperidine rings is 1. The quantitative estimate of drug-likeness (QED) is 0.821. The number of nitrogens with one attached hydrogen (secondary N) is 1. The molecule has 3 rings (SSSR count). The van der Waals surface area contributed by atoms with Crippen LogP contribution in [0.25, 0.3) is 0 Å². The zero-order valence-electron chi connectivity index (χ0n) is 12.2. The van der Waals surface area contributed by atoms with Crippen LogP contribution < -0.4 is 5.32 Å². The van der Waals surface area contributed by atoms with E-state index in [0.717, 1.165) is 38.7 Å². The Bertz CT molecular complexity index is 278. The van der Waals surface area contributed by atoms with Crippen molar-refractivity contribution in [3.63, 3.8) is 0 Å². The lowest BCUT2D eigenvalue weighted by Crippen LogP contribution is -2.53. The highest BCUT2D eigenvalue weighted by Crippen LogP contribution is 2.34. The van der Waals surface area contributed by atoms with Crippen LogP contribution in [0.1, 0.15) is 38.5 Å². The van der Waals surface area contributed by atoms with Gasteiger partial charge < -0.3 is 19.7 Å². The summed E-state index contributed by atoms with van der Waals surface area (Å²) in [6.07, 6.45) is 7.11. The van der Waals surface area contributed by atoms with Gasteiger partial charge in [-0.3, -0.25) is 0 Å². The first-order valence-electron chi connectivity index (χ1n) is 7.92. The van der Waals surface area contributed by atoms with Crippen molar-refractivity contribution in [1.29, 1.82) is 0 Å². The van der Waals surface area contributed by atoms with Gasteiger partial charge in [0.15, 0.2) is 0 Å². The molecule has 0 aliphatic carbocycles. The third-order valence-corrected chi connectivity index (χ3v) is 5.09. The molecule has 4 heteroatoms. The van der Waals surface area contributed by atoms with E-state index in [4.69, 9.17) is 9.47 Å². The van der Waals surface area contributed by atoms with Crippen LogP contribution in [-0.4, -0.2) is 62.5 Å². The van der Waals surface area contributed by atoms with E-state index in [0.29, 0.717) is 6.04 Å². The first-order chi connectivity index (χ1) is 9.26. The zero-order chi connectivity index (χ0) is 13.1. The average Bonchev–Trinajstić information content (AvgIpc) is 2.42. The fourth-order valence-electron chi connectivity index (χ4n) is 3.77. The van der Waals surface area contributed by atoms with Crippen molar-refractivity contribution < 1.29 is 9.47 Å². The number of nitrogens with zero attached hydrogens (tertiary/aromatic N) is 1. The summed E-state index contributed by atoms with van der Waals surface area (Å²) in [5.74, 6) is 0. The lowest BCUT2D eigenvalue weighted by atomic mass is 9.83. The maximum Gasteiger partial charge on any atom is 0.0741 e. The highest BCUT2D eigenvalue weighted by molar-refractivity contribution is 4.93. The highest BCUT2D eigenvalue weighted by Gasteiger charge is 2.39. The Balaban J connectivity index is 1.50. The molecule has 0 aromatic rings. The van der Waals surface area contributed by atoms with Crippen molar-refractivity contribution in [2.24, 2.45) is 0 Å². The molecule has 0 saturated carbocycles. The summed E-state index contributed by atoms with van der Waals surface area (Å²) in [4.78, 5) is 2.43. The minimum Gasteiger partial charge on any atom is -0.381 e. The van der Waals surface area contributed by atoms with Gasteiger partial charge in [-0.05, 0) is 58.7 Å². The minimum absolute atomic E-state index is 0.125. The molecule has 1 atom stereocenters. The Morgan fingerprint density at radius 3 is 2.47 bits per heavy atom. The SMILES string of the molecule is CN1CCC(NC2CCOC3(CCOCC3)C2)CC1. The molecule has 3 saturated heterocycles. The Morgan fingerprint density at radius 1 is 1.00 bits per heavy atom. The highest BCUT2D eigenvalue weighted by atomic mass is 16.5. The second kappa shape index (κ2) is 6.08. The molecule has 4 nitrogen and oxygen atoms in total. The fourth-order valence-corrected chi connectivity index (χ4v) is 3.77. The summed E-state index contributed by atoms with van der Waals surface area (Å²) < 4.78 is 11.6. The van der Waals surface area contributed by atoms with E-state index in [9.17, 15) is 0 Å². The van der Waals surface area contributed by atoms with Crippen molar-refractivity contribution in [3.8, 4) is 0 Å². The number of hydrogen-bond donors (Lipinski definition) is 1. The Morgan fingerprint density at radius 2 is 1.74 bits per heavy atom. The predicted octanol–water partition coefficient (Wildman–Crippen LogP) is 1.40. The number of ether oxygens (including phenoxy) is 2. The molecule has 1 spiro atoms. The first-order valence-corrected chi connectivity index (χ1v) is 7.92. The van der Waals surface area contributed by atoms with Gasteiger partial charge in [0.05, 0.1) is 5.60 Å². The number of rotatable bonds is 2. The minimum atomic E-state index is 0.125. The van der Waals surface area contributed by atoms with Gasteiger partial charge in [0.25, 0.3) is 0 Å². The van der Waals surface area contributed by atoms with Crippen LogP contribution in [0.3, 0.4) is 0 Å². The van der Waals surface area contributed by atoms with Crippen LogP contribution in [0.5, 0.6) is 0 Å². The van der Waals surface area contributed by atoms with Crippen LogP contribution in [0.4, 0.5) is 0 Å². The first kappa shape index (κ1) is 13.8. The van der Waals surface area contributed by atoms with Gasteiger partial charge in [0, 0.05) is 31.9 Å². The topological polar surface area (TPSA) is 33.7 Å². The summed E-state index contributed by atoms with van der Waals surface area (Å²) >= 11 is 0. The van der Waals surface area contributed by atoms with Gasteiger partial charge in [-0.1, -0.05) is 0 Å². The Kier molecular flexibility index (Phi) is 4.42. The van der Waals surface area contributed by atoms with Crippen LogP contribution in [-0.2, 0) is 9.47 Å². The molecular weight excluding hydrogens is 240 g/mol. The largest absolute Gasteiger partial charge is 0.381 e. The molecule has 1 unspecified atom stereocenters. The second-order valence-electron chi connectivity index (χ2n) is 6.58. The smallest absolute Gasteiger partial charge is 0.0741 e. The molecule has 0 bridgehead atoms. The number of hydrogen-bond acceptors (Lipinski definition) is 4. The van der Waals surface area contributed by atoms with E-state index in [-0.39, 0.29) is 5.60 Å². The zero-order valence-corrected chi connectivity index (χ0v) is 12.2. The molecule has 3 aliphatic heterocycles. The fraction of sp³-hybridized carbons (Fsp3) is 1.00. The summed E-state index contributed by atoms with van der Waals surface area (Å²) in [6, 6.07) is 1.37. The summed E-state index contributed by atoms with van der Waals surface area (Å²) in [6.45, 7) is 5.14. The Hall–Kier alpha value is -0.160.